The van der Waals surface area contributed by atoms with Crippen molar-refractivity contribution >= 4 is 29.9 Å². The monoisotopic (exact) mass is 299 g/mol. The Bertz CT molecular complexity index is 455. The Kier molecular flexibility index (Phi) is 6.27. The maximum atomic E-state index is 12.0. The molecule has 0 radical (unpaired) electrons. The van der Waals surface area contributed by atoms with Crippen LogP contribution in [-0.4, -0.2) is 49.1 Å². The quantitative estimate of drug-likeness (QED) is 0.834. The van der Waals surface area contributed by atoms with Crippen LogP contribution >= 0.6 is 12.4 Å². The number of nitrogens with one attached hydrogen (secondary N) is 1. The van der Waals surface area contributed by atoms with Crippen molar-refractivity contribution < 1.29 is 14.3 Å². The zero-order chi connectivity index (χ0) is 13.7. The Balaban J connectivity index is 0.00000200. The van der Waals surface area contributed by atoms with Crippen molar-refractivity contribution in [3.8, 4) is 0 Å². The van der Waals surface area contributed by atoms with Gasteiger partial charge in [-0.25, -0.2) is 0 Å². The Morgan fingerprint density at radius 2 is 2.05 bits per heavy atom. The van der Waals surface area contributed by atoms with Crippen LogP contribution in [0.25, 0.3) is 0 Å². The van der Waals surface area contributed by atoms with E-state index in [2.05, 4.69) is 5.32 Å². The standard InChI is InChI=1S/C13H17N3O3.ClH/c14-13(18)11-9-16(6-7-19-11)12(17)8-15-10-4-2-1-3-5-10;/h1-5,11,15H,6-9H2,(H2,14,18);1H. The van der Waals surface area contributed by atoms with Crippen LogP contribution in [0.15, 0.2) is 30.3 Å². The number of carbonyl (C=O) groups excluding carboxylic acids is 2. The molecule has 3 N–H and O–H groups in total. The lowest BCUT2D eigenvalue weighted by atomic mass is 10.2. The first-order valence-corrected chi connectivity index (χ1v) is 6.14. The van der Waals surface area contributed by atoms with E-state index >= 15 is 0 Å². The minimum atomic E-state index is -0.700. The molecule has 1 aliphatic heterocycles. The number of carbonyl (C=O) groups is 2. The maximum Gasteiger partial charge on any atom is 0.248 e. The number of anilines is 1. The number of hydrogen-bond donors (Lipinski definition) is 2. The zero-order valence-corrected chi connectivity index (χ0v) is 11.8. The van der Waals surface area contributed by atoms with Crippen LogP contribution in [-0.2, 0) is 14.3 Å². The van der Waals surface area contributed by atoms with Gasteiger partial charge in [0.2, 0.25) is 11.8 Å². The van der Waals surface area contributed by atoms with Crippen molar-refractivity contribution in [2.45, 2.75) is 6.10 Å². The first-order chi connectivity index (χ1) is 9.16. The van der Waals surface area contributed by atoms with E-state index in [-0.39, 0.29) is 31.4 Å². The number of ether oxygens (including phenoxy) is 1. The molecule has 1 atom stereocenters. The molecule has 2 amide bonds. The summed E-state index contributed by atoms with van der Waals surface area (Å²) < 4.78 is 5.19. The van der Waals surface area contributed by atoms with E-state index in [0.29, 0.717) is 13.2 Å². The predicted molar refractivity (Wildman–Crippen MR) is 77.7 cm³/mol. The Hall–Kier alpha value is -1.79. The molecule has 2 rings (SSSR count). The van der Waals surface area contributed by atoms with E-state index in [1.807, 2.05) is 30.3 Å². The molecule has 0 bridgehead atoms. The molecular weight excluding hydrogens is 282 g/mol. The third kappa shape index (κ3) is 4.40. The van der Waals surface area contributed by atoms with Crippen molar-refractivity contribution in [3.05, 3.63) is 30.3 Å². The molecule has 1 unspecified atom stereocenters. The Morgan fingerprint density at radius 3 is 2.70 bits per heavy atom. The normalized spacial score (nSPS) is 18.0. The second-order valence-corrected chi connectivity index (χ2v) is 4.32. The summed E-state index contributed by atoms with van der Waals surface area (Å²) in [6.45, 7) is 1.24. The third-order valence-electron chi connectivity index (χ3n) is 2.95. The smallest absolute Gasteiger partial charge is 0.248 e. The molecule has 1 saturated heterocycles. The molecule has 110 valence electrons. The summed E-state index contributed by atoms with van der Waals surface area (Å²) in [7, 11) is 0. The topological polar surface area (TPSA) is 84.7 Å². The number of amides is 2. The number of halogens is 1. The second kappa shape index (κ2) is 7.72. The molecule has 1 fully saturated rings. The van der Waals surface area contributed by atoms with E-state index in [0.717, 1.165) is 5.69 Å². The third-order valence-corrected chi connectivity index (χ3v) is 2.95. The number of nitrogens with two attached hydrogens (primary N) is 1. The second-order valence-electron chi connectivity index (χ2n) is 4.32. The summed E-state index contributed by atoms with van der Waals surface area (Å²) in [4.78, 5) is 24.6. The van der Waals surface area contributed by atoms with Crippen LogP contribution in [0.1, 0.15) is 0 Å². The van der Waals surface area contributed by atoms with Gasteiger partial charge in [0.1, 0.15) is 0 Å². The van der Waals surface area contributed by atoms with E-state index < -0.39 is 12.0 Å². The molecule has 1 aromatic rings. The fourth-order valence-corrected chi connectivity index (χ4v) is 1.89. The lowest BCUT2D eigenvalue weighted by molar-refractivity contribution is -0.144. The largest absolute Gasteiger partial charge is 0.376 e. The minimum Gasteiger partial charge on any atom is -0.376 e. The van der Waals surface area contributed by atoms with Gasteiger partial charge < -0.3 is 20.7 Å². The number of primary amides is 1. The van der Waals surface area contributed by atoms with Crippen molar-refractivity contribution in [3.63, 3.8) is 0 Å². The van der Waals surface area contributed by atoms with Crippen molar-refractivity contribution in [2.24, 2.45) is 5.73 Å². The minimum absolute atomic E-state index is 0. The average molecular weight is 300 g/mol. The highest BCUT2D eigenvalue weighted by Gasteiger charge is 2.27. The molecule has 6 nitrogen and oxygen atoms in total. The lowest BCUT2D eigenvalue weighted by Crippen LogP contribution is -2.51. The van der Waals surface area contributed by atoms with Crippen molar-refractivity contribution in [1.29, 1.82) is 0 Å². The van der Waals surface area contributed by atoms with Crippen LogP contribution in [0.2, 0.25) is 0 Å². The zero-order valence-electron chi connectivity index (χ0n) is 11.0. The van der Waals surface area contributed by atoms with Gasteiger partial charge >= 0.3 is 0 Å². The van der Waals surface area contributed by atoms with Crippen molar-refractivity contribution in [2.75, 3.05) is 31.6 Å². The van der Waals surface area contributed by atoms with Gasteiger partial charge in [-0.1, -0.05) is 18.2 Å². The van der Waals surface area contributed by atoms with E-state index in [9.17, 15) is 9.59 Å². The Labute approximate surface area is 123 Å². The highest BCUT2D eigenvalue weighted by molar-refractivity contribution is 5.85. The van der Waals surface area contributed by atoms with Crippen LogP contribution in [0.4, 0.5) is 5.69 Å². The lowest BCUT2D eigenvalue weighted by Gasteiger charge is -2.31. The van der Waals surface area contributed by atoms with Crippen LogP contribution in [0.5, 0.6) is 0 Å². The number of morpholine rings is 1. The number of benzene rings is 1. The van der Waals surface area contributed by atoms with Gasteiger partial charge in [-0.15, -0.1) is 12.4 Å². The molecule has 1 aromatic carbocycles. The number of para-hydroxylation sites is 1. The first-order valence-electron chi connectivity index (χ1n) is 6.14. The molecule has 0 saturated carbocycles. The summed E-state index contributed by atoms with van der Waals surface area (Å²) in [5, 5.41) is 3.04. The van der Waals surface area contributed by atoms with Gasteiger partial charge in [-0.05, 0) is 12.1 Å². The number of rotatable bonds is 4. The average Bonchev–Trinajstić information content (AvgIpc) is 2.46. The van der Waals surface area contributed by atoms with Crippen LogP contribution in [0, 0.1) is 0 Å². The number of hydrogen-bond acceptors (Lipinski definition) is 4. The van der Waals surface area contributed by atoms with Crippen molar-refractivity contribution in [1.82, 2.24) is 4.90 Å². The van der Waals surface area contributed by atoms with E-state index in [1.165, 1.54) is 0 Å². The SMILES string of the molecule is Cl.NC(=O)C1CN(C(=O)CNc2ccccc2)CCO1. The highest BCUT2D eigenvalue weighted by Crippen LogP contribution is 2.07. The van der Waals surface area contributed by atoms with Gasteiger partial charge in [-0.2, -0.15) is 0 Å². The molecule has 0 spiro atoms. The van der Waals surface area contributed by atoms with E-state index in [1.54, 1.807) is 4.90 Å². The maximum absolute atomic E-state index is 12.0. The fourth-order valence-electron chi connectivity index (χ4n) is 1.89. The fraction of sp³-hybridized carbons (Fsp3) is 0.385. The summed E-state index contributed by atoms with van der Waals surface area (Å²) in [5.74, 6) is -0.605. The molecular formula is C13H18ClN3O3. The van der Waals surface area contributed by atoms with Gasteiger partial charge in [0.15, 0.2) is 6.10 Å². The molecule has 1 aliphatic rings. The Morgan fingerprint density at radius 1 is 1.35 bits per heavy atom. The summed E-state index contributed by atoms with van der Waals surface area (Å²) in [6.07, 6.45) is -0.700. The predicted octanol–water partition coefficient (Wildman–Crippen LogP) is 0.233. The first kappa shape index (κ1) is 16.3. The molecule has 1 heterocycles. The van der Waals surface area contributed by atoms with Gasteiger partial charge in [0.05, 0.1) is 19.7 Å². The summed E-state index contributed by atoms with van der Waals surface area (Å²) >= 11 is 0. The molecule has 7 heteroatoms. The van der Waals surface area contributed by atoms with Crippen LogP contribution in [0.3, 0.4) is 0 Å². The molecule has 0 aromatic heterocycles. The molecule has 20 heavy (non-hydrogen) atoms. The highest BCUT2D eigenvalue weighted by atomic mass is 35.5. The van der Waals surface area contributed by atoms with Gasteiger partial charge in [0, 0.05) is 12.2 Å². The summed E-state index contributed by atoms with van der Waals surface area (Å²) in [6, 6.07) is 9.47. The molecule has 0 aliphatic carbocycles. The van der Waals surface area contributed by atoms with Gasteiger partial charge in [0.25, 0.3) is 0 Å². The van der Waals surface area contributed by atoms with E-state index in [4.69, 9.17) is 10.5 Å². The van der Waals surface area contributed by atoms with Gasteiger partial charge in [-0.3, -0.25) is 9.59 Å². The summed E-state index contributed by atoms with van der Waals surface area (Å²) in [5.41, 5.74) is 6.06. The number of nitrogens with zero attached hydrogens (tertiary/aromatic N) is 1. The van der Waals surface area contributed by atoms with Crippen LogP contribution < -0.4 is 11.1 Å².